The topological polar surface area (TPSA) is 35.0 Å². The monoisotopic (exact) mass is 350 g/mol. The average Bonchev–Trinajstić information content (AvgIpc) is 2.89. The highest BCUT2D eigenvalue weighted by Crippen LogP contribution is 2.41. The van der Waals surface area contributed by atoms with E-state index in [0.717, 1.165) is 23.1 Å². The third-order valence-electron chi connectivity index (χ3n) is 3.82. The molecular weight excluding hydrogens is 339 g/mol. The van der Waals surface area contributed by atoms with Crippen molar-refractivity contribution < 1.29 is 4.74 Å². The quantitative estimate of drug-likeness (QED) is 0.597. The number of halogens is 2. The molecule has 1 aromatic carbocycles. The molecule has 1 aliphatic carbocycles. The molecule has 3 nitrogen and oxygen atoms in total. The van der Waals surface area contributed by atoms with Crippen molar-refractivity contribution in [3.63, 3.8) is 0 Å². The molecule has 6 heteroatoms. The Bertz CT molecular complexity index is 863. The van der Waals surface area contributed by atoms with Gasteiger partial charge in [-0.3, -0.25) is 0 Å². The predicted molar refractivity (Wildman–Crippen MR) is 90.6 cm³/mol. The van der Waals surface area contributed by atoms with Gasteiger partial charge in [-0.1, -0.05) is 23.2 Å². The van der Waals surface area contributed by atoms with E-state index in [0.29, 0.717) is 21.7 Å². The third-order valence-corrected chi connectivity index (χ3v) is 5.55. The van der Waals surface area contributed by atoms with Crippen molar-refractivity contribution in [3.05, 3.63) is 45.0 Å². The van der Waals surface area contributed by atoms with Crippen LogP contribution >= 0.6 is 34.5 Å². The fourth-order valence-electron chi connectivity index (χ4n) is 2.80. The number of rotatable bonds is 2. The highest BCUT2D eigenvalue weighted by atomic mass is 35.5. The van der Waals surface area contributed by atoms with Crippen molar-refractivity contribution >= 4 is 44.8 Å². The Morgan fingerprint density at radius 3 is 2.82 bits per heavy atom. The molecule has 22 heavy (non-hydrogen) atoms. The molecule has 0 unspecified atom stereocenters. The van der Waals surface area contributed by atoms with E-state index in [1.807, 2.05) is 0 Å². The van der Waals surface area contributed by atoms with Crippen LogP contribution in [0.5, 0.6) is 11.6 Å². The Morgan fingerprint density at radius 2 is 1.95 bits per heavy atom. The van der Waals surface area contributed by atoms with Crippen LogP contribution in [-0.4, -0.2) is 9.97 Å². The van der Waals surface area contributed by atoms with E-state index in [-0.39, 0.29) is 0 Å². The zero-order valence-electron chi connectivity index (χ0n) is 11.6. The number of thiophene rings is 1. The molecule has 0 fully saturated rings. The number of benzene rings is 1. The van der Waals surface area contributed by atoms with Crippen LogP contribution in [0.1, 0.15) is 23.3 Å². The highest BCUT2D eigenvalue weighted by Gasteiger charge is 2.21. The van der Waals surface area contributed by atoms with Gasteiger partial charge in [0.2, 0.25) is 5.88 Å². The normalized spacial score (nSPS) is 14.1. The zero-order chi connectivity index (χ0) is 15.1. The van der Waals surface area contributed by atoms with E-state index in [1.165, 1.54) is 23.3 Å². The number of nitrogens with zero attached hydrogens (tertiary/aromatic N) is 2. The smallest absolute Gasteiger partial charge is 0.231 e. The van der Waals surface area contributed by atoms with Gasteiger partial charge in [-0.25, -0.2) is 9.97 Å². The van der Waals surface area contributed by atoms with Gasteiger partial charge in [0.1, 0.15) is 16.9 Å². The predicted octanol–water partition coefficient (Wildman–Crippen LogP) is 5.67. The second-order valence-corrected chi connectivity index (χ2v) is 7.17. The molecule has 2 heterocycles. The minimum atomic E-state index is 0.475. The fourth-order valence-corrected chi connectivity index (χ4v) is 4.47. The Balaban J connectivity index is 1.83. The van der Waals surface area contributed by atoms with Crippen LogP contribution in [0, 0.1) is 0 Å². The Morgan fingerprint density at radius 1 is 1.09 bits per heavy atom. The van der Waals surface area contributed by atoms with Gasteiger partial charge in [0, 0.05) is 9.90 Å². The maximum Gasteiger partial charge on any atom is 0.231 e. The van der Waals surface area contributed by atoms with Gasteiger partial charge in [-0.05, 0) is 49.4 Å². The summed E-state index contributed by atoms with van der Waals surface area (Å²) in [6.07, 6.45) is 6.18. The standard InChI is InChI=1S/C16H12Cl2N2OS/c17-9-5-6-12(11(18)7-9)21-15-14-10-3-1-2-4-13(10)22-16(14)20-8-19-15/h5-8H,1-4H2. The molecule has 0 N–H and O–H groups in total. The molecular formula is C16H12Cl2N2OS. The molecule has 0 saturated heterocycles. The first-order valence-corrected chi connectivity index (χ1v) is 8.68. The van der Waals surface area contributed by atoms with Crippen LogP contribution in [0.2, 0.25) is 10.0 Å². The lowest BCUT2D eigenvalue weighted by Gasteiger charge is -2.12. The van der Waals surface area contributed by atoms with E-state index < -0.39 is 0 Å². The van der Waals surface area contributed by atoms with Gasteiger partial charge < -0.3 is 4.74 Å². The van der Waals surface area contributed by atoms with E-state index in [1.54, 1.807) is 35.9 Å². The number of hydrogen-bond donors (Lipinski definition) is 0. The van der Waals surface area contributed by atoms with Gasteiger partial charge in [-0.2, -0.15) is 0 Å². The molecule has 3 aromatic rings. The lowest BCUT2D eigenvalue weighted by atomic mass is 9.97. The van der Waals surface area contributed by atoms with E-state index in [4.69, 9.17) is 27.9 Å². The van der Waals surface area contributed by atoms with Crippen molar-refractivity contribution in [2.24, 2.45) is 0 Å². The summed E-state index contributed by atoms with van der Waals surface area (Å²) in [6, 6.07) is 5.18. The van der Waals surface area contributed by atoms with Gasteiger partial charge >= 0.3 is 0 Å². The number of fused-ring (bicyclic) bond motifs is 3. The van der Waals surface area contributed by atoms with E-state index >= 15 is 0 Å². The molecule has 0 atom stereocenters. The van der Waals surface area contributed by atoms with E-state index in [2.05, 4.69) is 9.97 Å². The molecule has 0 aliphatic heterocycles. The molecule has 0 radical (unpaired) electrons. The minimum Gasteiger partial charge on any atom is -0.437 e. The largest absolute Gasteiger partial charge is 0.437 e. The number of hydrogen-bond acceptors (Lipinski definition) is 4. The zero-order valence-corrected chi connectivity index (χ0v) is 13.9. The minimum absolute atomic E-state index is 0.475. The van der Waals surface area contributed by atoms with Crippen molar-refractivity contribution in [1.29, 1.82) is 0 Å². The number of aryl methyl sites for hydroxylation is 2. The SMILES string of the molecule is Clc1ccc(Oc2ncnc3sc4c(c23)CCCC4)c(Cl)c1. The maximum absolute atomic E-state index is 6.20. The number of ether oxygens (including phenoxy) is 1. The van der Waals surface area contributed by atoms with Crippen molar-refractivity contribution in [2.45, 2.75) is 25.7 Å². The van der Waals surface area contributed by atoms with Gasteiger partial charge in [0.15, 0.2) is 0 Å². The number of aromatic nitrogens is 2. The van der Waals surface area contributed by atoms with E-state index in [9.17, 15) is 0 Å². The second kappa shape index (κ2) is 5.69. The van der Waals surface area contributed by atoms with Crippen molar-refractivity contribution in [3.8, 4) is 11.6 Å². The maximum atomic E-state index is 6.20. The third kappa shape index (κ3) is 2.45. The summed E-state index contributed by atoms with van der Waals surface area (Å²) >= 11 is 13.9. The summed E-state index contributed by atoms with van der Waals surface area (Å²) in [5.74, 6) is 1.13. The van der Waals surface area contributed by atoms with Gasteiger partial charge in [-0.15, -0.1) is 11.3 Å². The molecule has 4 rings (SSSR count). The molecule has 1 aliphatic rings. The van der Waals surface area contributed by atoms with Crippen LogP contribution < -0.4 is 4.74 Å². The molecule has 0 spiro atoms. The van der Waals surface area contributed by atoms with Crippen LogP contribution in [0.15, 0.2) is 24.5 Å². The summed E-state index contributed by atoms with van der Waals surface area (Å²) in [7, 11) is 0. The highest BCUT2D eigenvalue weighted by molar-refractivity contribution is 7.18. The average molecular weight is 351 g/mol. The first-order chi connectivity index (χ1) is 10.7. The Labute approximate surface area is 141 Å². The Hall–Kier alpha value is -1.36. The summed E-state index contributed by atoms with van der Waals surface area (Å²) in [4.78, 5) is 11.1. The molecule has 0 bridgehead atoms. The summed E-state index contributed by atoms with van der Waals surface area (Å²) < 4.78 is 5.97. The summed E-state index contributed by atoms with van der Waals surface area (Å²) in [6.45, 7) is 0. The second-order valence-electron chi connectivity index (χ2n) is 5.25. The van der Waals surface area contributed by atoms with Crippen LogP contribution in [-0.2, 0) is 12.8 Å². The molecule has 0 saturated carbocycles. The lowest BCUT2D eigenvalue weighted by Crippen LogP contribution is -1.99. The molecule has 112 valence electrons. The van der Waals surface area contributed by atoms with Crippen LogP contribution in [0.3, 0.4) is 0 Å². The Kier molecular flexibility index (Phi) is 3.68. The lowest BCUT2D eigenvalue weighted by molar-refractivity contribution is 0.468. The van der Waals surface area contributed by atoms with Crippen molar-refractivity contribution in [1.82, 2.24) is 9.97 Å². The summed E-state index contributed by atoms with van der Waals surface area (Å²) in [5.41, 5.74) is 1.34. The summed E-state index contributed by atoms with van der Waals surface area (Å²) in [5, 5.41) is 2.09. The first-order valence-electron chi connectivity index (χ1n) is 7.10. The molecule has 2 aromatic heterocycles. The first kappa shape index (κ1) is 14.2. The van der Waals surface area contributed by atoms with Crippen LogP contribution in [0.4, 0.5) is 0 Å². The molecule has 0 amide bonds. The van der Waals surface area contributed by atoms with Gasteiger partial charge in [0.05, 0.1) is 10.4 Å². The van der Waals surface area contributed by atoms with Crippen molar-refractivity contribution in [2.75, 3.05) is 0 Å². The fraction of sp³-hybridized carbons (Fsp3) is 0.250. The van der Waals surface area contributed by atoms with Gasteiger partial charge in [0.25, 0.3) is 0 Å². The van der Waals surface area contributed by atoms with Crippen LogP contribution in [0.25, 0.3) is 10.2 Å².